The second-order valence-corrected chi connectivity index (χ2v) is 7.42. The van der Waals surface area contributed by atoms with E-state index in [1.54, 1.807) is 6.08 Å². The molecule has 0 aliphatic carbocycles. The highest BCUT2D eigenvalue weighted by Gasteiger charge is 2.03. The summed E-state index contributed by atoms with van der Waals surface area (Å²) >= 11 is 1.52. The zero-order valence-corrected chi connectivity index (χ0v) is 12.2. The van der Waals surface area contributed by atoms with Crippen LogP contribution in [-0.4, -0.2) is 37.3 Å². The molecule has 0 spiro atoms. The van der Waals surface area contributed by atoms with E-state index in [4.69, 9.17) is 5.11 Å². The quantitative estimate of drug-likeness (QED) is 0.616. The summed E-state index contributed by atoms with van der Waals surface area (Å²) in [5.74, 6) is 0.371. The molecule has 0 amide bonds. The van der Waals surface area contributed by atoms with Gasteiger partial charge in [-0.2, -0.15) is 11.8 Å². The van der Waals surface area contributed by atoms with Gasteiger partial charge in [0.2, 0.25) is 0 Å². The van der Waals surface area contributed by atoms with Crippen molar-refractivity contribution in [2.45, 2.75) is 5.75 Å². The van der Waals surface area contributed by atoms with E-state index in [1.165, 1.54) is 18.0 Å². The second-order valence-electron chi connectivity index (χ2n) is 4.05. The summed E-state index contributed by atoms with van der Waals surface area (Å²) in [5.41, 5.74) is 1.84. The molecule has 0 saturated carbocycles. The molecular formula is C13H16O4S2. The van der Waals surface area contributed by atoms with Crippen LogP contribution in [0.3, 0.4) is 0 Å². The van der Waals surface area contributed by atoms with Gasteiger partial charge in [0.05, 0.1) is 5.75 Å². The van der Waals surface area contributed by atoms with E-state index in [1.807, 2.05) is 24.3 Å². The number of thioether (sulfide) groups is 1. The Hall–Kier alpha value is -1.27. The Kier molecular flexibility index (Phi) is 6.11. The van der Waals surface area contributed by atoms with Gasteiger partial charge in [-0.25, -0.2) is 13.2 Å². The molecule has 104 valence electrons. The molecule has 0 fully saturated rings. The summed E-state index contributed by atoms with van der Waals surface area (Å²) in [7, 11) is -2.92. The molecule has 0 heterocycles. The van der Waals surface area contributed by atoms with E-state index in [0.717, 1.165) is 17.2 Å². The Labute approximate surface area is 117 Å². The fourth-order valence-electron chi connectivity index (χ4n) is 1.38. The predicted molar refractivity (Wildman–Crippen MR) is 79.0 cm³/mol. The van der Waals surface area contributed by atoms with Crippen molar-refractivity contribution in [2.75, 3.05) is 17.8 Å². The summed E-state index contributed by atoms with van der Waals surface area (Å²) in [6.07, 6.45) is 3.87. The SMILES string of the molecule is CS(=O)(=O)CCSCc1ccccc1/C=C/C(=O)O. The Morgan fingerprint density at radius 1 is 1.37 bits per heavy atom. The first-order chi connectivity index (χ1) is 8.88. The maximum absolute atomic E-state index is 11.0. The molecule has 0 saturated heterocycles. The zero-order chi connectivity index (χ0) is 14.3. The molecule has 1 aromatic rings. The molecule has 19 heavy (non-hydrogen) atoms. The summed E-state index contributed by atoms with van der Waals surface area (Å²) in [6.45, 7) is 0. The van der Waals surface area contributed by atoms with Gasteiger partial charge in [0.15, 0.2) is 0 Å². The van der Waals surface area contributed by atoms with Crippen LogP contribution in [0.25, 0.3) is 6.08 Å². The first-order valence-electron chi connectivity index (χ1n) is 5.63. The van der Waals surface area contributed by atoms with Crippen molar-refractivity contribution >= 4 is 33.6 Å². The van der Waals surface area contributed by atoms with Crippen molar-refractivity contribution < 1.29 is 18.3 Å². The largest absolute Gasteiger partial charge is 0.478 e. The minimum atomic E-state index is -2.92. The number of hydrogen-bond acceptors (Lipinski definition) is 4. The molecule has 1 aromatic carbocycles. The van der Waals surface area contributed by atoms with Crippen LogP contribution in [0.1, 0.15) is 11.1 Å². The normalized spacial score (nSPS) is 11.8. The Morgan fingerprint density at radius 3 is 2.68 bits per heavy atom. The van der Waals surface area contributed by atoms with Crippen molar-refractivity contribution in [3.63, 3.8) is 0 Å². The average Bonchev–Trinajstić information content (AvgIpc) is 2.32. The van der Waals surface area contributed by atoms with Crippen LogP contribution >= 0.6 is 11.8 Å². The van der Waals surface area contributed by atoms with Crippen molar-refractivity contribution in [3.05, 3.63) is 41.5 Å². The van der Waals surface area contributed by atoms with E-state index in [-0.39, 0.29) is 5.75 Å². The van der Waals surface area contributed by atoms with Gasteiger partial charge in [-0.1, -0.05) is 24.3 Å². The Morgan fingerprint density at radius 2 is 2.05 bits per heavy atom. The van der Waals surface area contributed by atoms with Gasteiger partial charge in [-0.3, -0.25) is 0 Å². The molecular weight excluding hydrogens is 284 g/mol. The molecule has 1 N–H and O–H groups in total. The number of carboxylic acids is 1. The third-order valence-corrected chi connectivity index (χ3v) is 4.53. The zero-order valence-electron chi connectivity index (χ0n) is 10.6. The number of benzene rings is 1. The van der Waals surface area contributed by atoms with Crippen LogP contribution in [0, 0.1) is 0 Å². The van der Waals surface area contributed by atoms with Crippen LogP contribution in [-0.2, 0) is 20.4 Å². The van der Waals surface area contributed by atoms with Gasteiger partial charge in [-0.05, 0) is 17.2 Å². The fraction of sp³-hybridized carbons (Fsp3) is 0.308. The maximum Gasteiger partial charge on any atom is 0.328 e. The molecule has 0 aliphatic rings. The molecule has 0 unspecified atom stereocenters. The highest BCUT2D eigenvalue weighted by atomic mass is 32.2. The lowest BCUT2D eigenvalue weighted by Gasteiger charge is -2.05. The van der Waals surface area contributed by atoms with Crippen LogP contribution in [0.2, 0.25) is 0 Å². The molecule has 4 nitrogen and oxygen atoms in total. The van der Waals surface area contributed by atoms with Crippen LogP contribution in [0.5, 0.6) is 0 Å². The monoisotopic (exact) mass is 300 g/mol. The van der Waals surface area contributed by atoms with Crippen molar-refractivity contribution in [3.8, 4) is 0 Å². The average molecular weight is 300 g/mol. The summed E-state index contributed by atoms with van der Waals surface area (Å²) in [4.78, 5) is 10.5. The van der Waals surface area contributed by atoms with Gasteiger partial charge in [-0.15, -0.1) is 0 Å². The molecule has 0 aromatic heterocycles. The van der Waals surface area contributed by atoms with Crippen LogP contribution in [0.15, 0.2) is 30.3 Å². The van der Waals surface area contributed by atoms with Gasteiger partial charge in [0.1, 0.15) is 9.84 Å². The van der Waals surface area contributed by atoms with E-state index in [2.05, 4.69) is 0 Å². The van der Waals surface area contributed by atoms with E-state index >= 15 is 0 Å². The summed E-state index contributed by atoms with van der Waals surface area (Å²) < 4.78 is 22.0. The second kappa shape index (κ2) is 7.35. The first kappa shape index (κ1) is 15.8. The lowest BCUT2D eigenvalue weighted by atomic mass is 10.1. The fourth-order valence-corrected chi connectivity index (χ4v) is 3.69. The molecule has 0 bridgehead atoms. The smallest absolute Gasteiger partial charge is 0.328 e. The van der Waals surface area contributed by atoms with E-state index in [0.29, 0.717) is 11.5 Å². The van der Waals surface area contributed by atoms with Gasteiger partial charge < -0.3 is 5.11 Å². The lowest BCUT2D eigenvalue weighted by molar-refractivity contribution is -0.131. The van der Waals surface area contributed by atoms with E-state index < -0.39 is 15.8 Å². The number of carbonyl (C=O) groups is 1. The van der Waals surface area contributed by atoms with Crippen molar-refractivity contribution in [2.24, 2.45) is 0 Å². The molecule has 0 atom stereocenters. The number of carboxylic acid groups (broad SMARTS) is 1. The maximum atomic E-state index is 11.0. The minimum Gasteiger partial charge on any atom is -0.478 e. The highest BCUT2D eigenvalue weighted by Crippen LogP contribution is 2.18. The van der Waals surface area contributed by atoms with Gasteiger partial charge >= 0.3 is 5.97 Å². The molecule has 1 rings (SSSR count). The van der Waals surface area contributed by atoms with Gasteiger partial charge in [0, 0.05) is 23.8 Å². The van der Waals surface area contributed by atoms with Crippen LogP contribution < -0.4 is 0 Å². The Bertz CT molecular complexity index is 562. The van der Waals surface area contributed by atoms with Gasteiger partial charge in [0.25, 0.3) is 0 Å². The number of hydrogen-bond donors (Lipinski definition) is 1. The molecule has 0 radical (unpaired) electrons. The number of rotatable bonds is 7. The van der Waals surface area contributed by atoms with E-state index in [9.17, 15) is 13.2 Å². The van der Waals surface area contributed by atoms with Crippen molar-refractivity contribution in [1.29, 1.82) is 0 Å². The third-order valence-electron chi connectivity index (χ3n) is 2.32. The molecule has 0 aliphatic heterocycles. The summed E-state index contributed by atoms with van der Waals surface area (Å²) in [5, 5.41) is 8.61. The lowest BCUT2D eigenvalue weighted by Crippen LogP contribution is -2.05. The van der Waals surface area contributed by atoms with Crippen LogP contribution in [0.4, 0.5) is 0 Å². The minimum absolute atomic E-state index is 0.158. The molecule has 6 heteroatoms. The summed E-state index contributed by atoms with van der Waals surface area (Å²) in [6, 6.07) is 7.47. The standard InChI is InChI=1S/C13H16O4S2/c1-19(16,17)9-8-18-10-12-5-3-2-4-11(12)6-7-13(14)15/h2-7H,8-10H2,1H3,(H,14,15)/b7-6+. The Balaban J connectivity index is 2.61. The third kappa shape index (κ3) is 7.03. The predicted octanol–water partition coefficient (Wildman–Crippen LogP) is 2.06. The number of aliphatic carboxylic acids is 1. The van der Waals surface area contributed by atoms with Crippen molar-refractivity contribution in [1.82, 2.24) is 0 Å². The number of sulfone groups is 1. The first-order valence-corrected chi connectivity index (χ1v) is 8.84. The highest BCUT2D eigenvalue weighted by molar-refractivity contribution is 7.99. The topological polar surface area (TPSA) is 71.4 Å².